The van der Waals surface area contributed by atoms with Gasteiger partial charge in [-0.1, -0.05) is 30.3 Å². The molecular formula is C17H17N3O3. The van der Waals surface area contributed by atoms with Gasteiger partial charge >= 0.3 is 6.03 Å². The predicted octanol–water partition coefficient (Wildman–Crippen LogP) is 2.22. The van der Waals surface area contributed by atoms with Crippen molar-refractivity contribution >= 4 is 11.9 Å². The van der Waals surface area contributed by atoms with Gasteiger partial charge in [0.05, 0.1) is 11.8 Å². The number of furan rings is 1. The Morgan fingerprint density at radius 1 is 1.22 bits per heavy atom. The lowest BCUT2D eigenvalue weighted by Gasteiger charge is -2.27. The molecule has 23 heavy (non-hydrogen) atoms. The molecule has 0 radical (unpaired) electrons. The Morgan fingerprint density at radius 3 is 2.70 bits per heavy atom. The molecule has 3 N–H and O–H groups in total. The van der Waals surface area contributed by atoms with Gasteiger partial charge in [0.1, 0.15) is 11.8 Å². The lowest BCUT2D eigenvalue weighted by Crippen LogP contribution is -2.46. The van der Waals surface area contributed by atoms with Crippen LogP contribution in [0.5, 0.6) is 0 Å². The number of urea groups is 1. The molecule has 1 aromatic carbocycles. The van der Waals surface area contributed by atoms with Crippen molar-refractivity contribution in [1.29, 1.82) is 0 Å². The van der Waals surface area contributed by atoms with E-state index in [1.807, 2.05) is 30.3 Å². The van der Waals surface area contributed by atoms with E-state index < -0.39 is 6.04 Å². The first-order valence-corrected chi connectivity index (χ1v) is 7.29. The summed E-state index contributed by atoms with van der Waals surface area (Å²) in [5.41, 5.74) is 1.96. The van der Waals surface area contributed by atoms with Crippen molar-refractivity contribution in [1.82, 2.24) is 16.0 Å². The summed E-state index contributed by atoms with van der Waals surface area (Å²) in [6.45, 7) is 2.11. The number of carbonyl (C=O) groups excluding carboxylic acids is 2. The van der Waals surface area contributed by atoms with Crippen LogP contribution in [0.15, 0.2) is 64.4 Å². The summed E-state index contributed by atoms with van der Waals surface area (Å²) in [4.78, 5) is 24.3. The van der Waals surface area contributed by atoms with Gasteiger partial charge in [-0.2, -0.15) is 0 Å². The van der Waals surface area contributed by atoms with Gasteiger partial charge in [0, 0.05) is 12.2 Å². The first-order chi connectivity index (χ1) is 11.1. The summed E-state index contributed by atoms with van der Waals surface area (Å²) in [5, 5.41) is 8.22. The molecule has 118 valence electrons. The second kappa shape index (κ2) is 6.39. The minimum absolute atomic E-state index is 0.250. The number of hydrogen-bond acceptors (Lipinski definition) is 3. The SMILES string of the molecule is CC1=C(C(=O)NCc2ccccc2)C(c2ccco2)NC(=O)N1. The van der Waals surface area contributed by atoms with Crippen molar-refractivity contribution in [3.63, 3.8) is 0 Å². The van der Waals surface area contributed by atoms with E-state index in [-0.39, 0.29) is 11.9 Å². The van der Waals surface area contributed by atoms with Crippen molar-refractivity contribution in [2.24, 2.45) is 0 Å². The van der Waals surface area contributed by atoms with Crippen LogP contribution in [-0.2, 0) is 11.3 Å². The number of amides is 3. The molecule has 0 bridgehead atoms. The summed E-state index contributed by atoms with van der Waals surface area (Å²) in [5.74, 6) is 0.268. The quantitative estimate of drug-likeness (QED) is 0.809. The van der Waals surface area contributed by atoms with Gasteiger partial charge in [0.15, 0.2) is 0 Å². The lowest BCUT2D eigenvalue weighted by molar-refractivity contribution is -0.118. The van der Waals surface area contributed by atoms with Crippen LogP contribution in [0.25, 0.3) is 0 Å². The number of benzene rings is 1. The van der Waals surface area contributed by atoms with Gasteiger partial charge in [-0.05, 0) is 24.6 Å². The first-order valence-electron chi connectivity index (χ1n) is 7.29. The Kier molecular flexibility index (Phi) is 4.14. The standard InChI is InChI=1S/C17H17N3O3/c1-11-14(16(21)18-10-12-6-3-2-4-7-12)15(20-17(22)19-11)13-8-5-9-23-13/h2-9,15H,10H2,1H3,(H,18,21)(H2,19,20,22). The average molecular weight is 311 g/mol. The molecule has 0 saturated heterocycles. The molecule has 6 heteroatoms. The fraction of sp³-hybridized carbons (Fsp3) is 0.176. The maximum atomic E-state index is 12.6. The summed E-state index contributed by atoms with van der Waals surface area (Å²) < 4.78 is 5.36. The molecule has 2 aromatic rings. The van der Waals surface area contributed by atoms with Crippen LogP contribution in [0.4, 0.5) is 4.79 Å². The minimum Gasteiger partial charge on any atom is -0.467 e. The molecule has 0 aliphatic carbocycles. The second-order valence-electron chi connectivity index (χ2n) is 5.25. The Labute approximate surface area is 133 Å². The van der Waals surface area contributed by atoms with E-state index in [1.54, 1.807) is 19.1 Å². The molecule has 6 nitrogen and oxygen atoms in total. The van der Waals surface area contributed by atoms with E-state index in [2.05, 4.69) is 16.0 Å². The van der Waals surface area contributed by atoms with Crippen molar-refractivity contribution in [2.45, 2.75) is 19.5 Å². The van der Waals surface area contributed by atoms with Gasteiger partial charge in [-0.15, -0.1) is 0 Å². The fourth-order valence-corrected chi connectivity index (χ4v) is 2.54. The van der Waals surface area contributed by atoms with Crippen LogP contribution in [-0.4, -0.2) is 11.9 Å². The predicted molar refractivity (Wildman–Crippen MR) is 84.1 cm³/mol. The smallest absolute Gasteiger partial charge is 0.319 e. The van der Waals surface area contributed by atoms with Crippen molar-refractivity contribution in [3.05, 3.63) is 71.3 Å². The van der Waals surface area contributed by atoms with Crippen LogP contribution in [0.1, 0.15) is 24.3 Å². The van der Waals surface area contributed by atoms with Crippen LogP contribution in [0.2, 0.25) is 0 Å². The molecule has 3 amide bonds. The third-order valence-electron chi connectivity index (χ3n) is 3.64. The van der Waals surface area contributed by atoms with Crippen LogP contribution >= 0.6 is 0 Å². The molecule has 1 aliphatic rings. The van der Waals surface area contributed by atoms with E-state index in [1.165, 1.54) is 6.26 Å². The summed E-state index contributed by atoms with van der Waals surface area (Å²) in [6.07, 6.45) is 1.51. The highest BCUT2D eigenvalue weighted by molar-refractivity contribution is 5.98. The normalized spacial score (nSPS) is 17.4. The number of rotatable bonds is 4. The number of hydrogen-bond donors (Lipinski definition) is 3. The van der Waals surface area contributed by atoms with Gasteiger partial charge < -0.3 is 20.4 Å². The van der Waals surface area contributed by atoms with Gasteiger partial charge in [0.2, 0.25) is 0 Å². The van der Waals surface area contributed by atoms with E-state index >= 15 is 0 Å². The number of allylic oxidation sites excluding steroid dienone is 1. The third kappa shape index (κ3) is 3.26. The summed E-state index contributed by atoms with van der Waals surface area (Å²) >= 11 is 0. The van der Waals surface area contributed by atoms with Gasteiger partial charge in [0.25, 0.3) is 5.91 Å². The molecular weight excluding hydrogens is 294 g/mol. The monoisotopic (exact) mass is 311 g/mol. The molecule has 1 atom stereocenters. The zero-order valence-electron chi connectivity index (χ0n) is 12.6. The molecule has 1 unspecified atom stereocenters. The lowest BCUT2D eigenvalue weighted by atomic mass is 10.00. The van der Waals surface area contributed by atoms with E-state index in [0.717, 1.165) is 5.56 Å². The summed E-state index contributed by atoms with van der Waals surface area (Å²) in [7, 11) is 0. The fourth-order valence-electron chi connectivity index (χ4n) is 2.54. The van der Waals surface area contributed by atoms with Gasteiger partial charge in [-0.25, -0.2) is 4.79 Å². The Bertz CT molecular complexity index is 736. The summed E-state index contributed by atoms with van der Waals surface area (Å²) in [6, 6.07) is 12.1. The Hall–Kier alpha value is -3.02. The first kappa shape index (κ1) is 14.9. The Balaban J connectivity index is 1.81. The average Bonchev–Trinajstić information content (AvgIpc) is 3.07. The van der Waals surface area contributed by atoms with E-state index in [0.29, 0.717) is 23.6 Å². The topological polar surface area (TPSA) is 83.4 Å². The second-order valence-corrected chi connectivity index (χ2v) is 5.25. The molecule has 1 aliphatic heterocycles. The third-order valence-corrected chi connectivity index (χ3v) is 3.64. The van der Waals surface area contributed by atoms with E-state index in [4.69, 9.17) is 4.42 Å². The highest BCUT2D eigenvalue weighted by Crippen LogP contribution is 2.26. The maximum absolute atomic E-state index is 12.6. The van der Waals surface area contributed by atoms with Gasteiger partial charge in [-0.3, -0.25) is 4.79 Å². The van der Waals surface area contributed by atoms with Crippen molar-refractivity contribution in [3.8, 4) is 0 Å². The zero-order valence-corrected chi connectivity index (χ0v) is 12.6. The molecule has 1 aromatic heterocycles. The van der Waals surface area contributed by atoms with E-state index in [9.17, 15) is 9.59 Å². The van der Waals surface area contributed by atoms with Crippen LogP contribution < -0.4 is 16.0 Å². The maximum Gasteiger partial charge on any atom is 0.319 e. The Morgan fingerprint density at radius 2 is 2.00 bits per heavy atom. The van der Waals surface area contributed by atoms with Crippen LogP contribution in [0.3, 0.4) is 0 Å². The number of nitrogens with one attached hydrogen (secondary N) is 3. The molecule has 0 spiro atoms. The molecule has 0 saturated carbocycles. The van der Waals surface area contributed by atoms with Crippen molar-refractivity contribution < 1.29 is 14.0 Å². The van der Waals surface area contributed by atoms with Crippen molar-refractivity contribution in [2.75, 3.05) is 0 Å². The number of carbonyl (C=O) groups is 2. The highest BCUT2D eigenvalue weighted by Gasteiger charge is 2.32. The molecule has 0 fully saturated rings. The molecule has 2 heterocycles. The molecule has 3 rings (SSSR count). The minimum atomic E-state index is -0.602. The zero-order chi connectivity index (χ0) is 16.2. The largest absolute Gasteiger partial charge is 0.467 e. The highest BCUT2D eigenvalue weighted by atomic mass is 16.3. The van der Waals surface area contributed by atoms with Crippen LogP contribution in [0, 0.1) is 0 Å².